The summed E-state index contributed by atoms with van der Waals surface area (Å²) in [6, 6.07) is 8.80. The van der Waals surface area contributed by atoms with Crippen LogP contribution in [0.1, 0.15) is 26.3 Å². The van der Waals surface area contributed by atoms with Crippen molar-refractivity contribution >= 4 is 40.4 Å². The first-order valence-corrected chi connectivity index (χ1v) is 12.7. The SMILES string of the molecule is CC(=O)[O][Pb]([C]#Cc1ccccc1)([O]C(C)=O)[O]C(C)=O. The summed E-state index contributed by atoms with van der Waals surface area (Å²) in [5, 5.41) is 0. The van der Waals surface area contributed by atoms with Gasteiger partial charge in [0.1, 0.15) is 0 Å². The second-order valence-electron chi connectivity index (χ2n) is 3.95. The van der Waals surface area contributed by atoms with Crippen molar-refractivity contribution in [2.24, 2.45) is 0 Å². The Morgan fingerprint density at radius 3 is 1.67 bits per heavy atom. The molecule has 0 saturated carbocycles. The fourth-order valence-corrected chi connectivity index (χ4v) is 8.03. The zero-order valence-electron chi connectivity index (χ0n) is 11.8. The molecule has 21 heavy (non-hydrogen) atoms. The maximum atomic E-state index is 11.2. The van der Waals surface area contributed by atoms with E-state index in [4.69, 9.17) is 8.06 Å². The monoisotopic (exact) mass is 486 g/mol. The summed E-state index contributed by atoms with van der Waals surface area (Å²) in [5.74, 6) is 0.556. The van der Waals surface area contributed by atoms with Gasteiger partial charge in [0, 0.05) is 0 Å². The van der Waals surface area contributed by atoms with Crippen LogP contribution in [0, 0.1) is 9.40 Å². The molecule has 0 spiro atoms. The number of hydrogen-bond donors (Lipinski definition) is 0. The molecule has 0 N–H and O–H groups in total. The Morgan fingerprint density at radius 1 is 0.857 bits per heavy atom. The quantitative estimate of drug-likeness (QED) is 0.473. The second kappa shape index (κ2) is 7.78. The number of carbonyl (C=O) groups excluding carboxylic acids is 3. The molecule has 0 radical (unpaired) electrons. The van der Waals surface area contributed by atoms with Crippen molar-refractivity contribution in [2.75, 3.05) is 0 Å². The Kier molecular flexibility index (Phi) is 6.36. The van der Waals surface area contributed by atoms with Crippen molar-refractivity contribution in [3.63, 3.8) is 0 Å². The Balaban J connectivity index is 3.20. The molecule has 0 bridgehead atoms. The van der Waals surface area contributed by atoms with Gasteiger partial charge in [-0.25, -0.2) is 0 Å². The molecule has 0 atom stereocenters. The van der Waals surface area contributed by atoms with Crippen molar-refractivity contribution in [2.45, 2.75) is 20.8 Å². The van der Waals surface area contributed by atoms with Crippen LogP contribution in [0.5, 0.6) is 0 Å². The Bertz CT molecular complexity index is 558. The van der Waals surface area contributed by atoms with Gasteiger partial charge in [-0.1, -0.05) is 0 Å². The van der Waals surface area contributed by atoms with Gasteiger partial charge in [0.15, 0.2) is 0 Å². The van der Waals surface area contributed by atoms with Gasteiger partial charge in [-0.15, -0.1) is 0 Å². The molecule has 0 fully saturated rings. The van der Waals surface area contributed by atoms with Crippen molar-refractivity contribution in [1.82, 2.24) is 0 Å². The van der Waals surface area contributed by atoms with E-state index in [1.54, 1.807) is 24.3 Å². The zero-order chi connectivity index (χ0) is 15.9. The number of carbonyl (C=O) groups is 3. The number of hydrogen-bond acceptors (Lipinski definition) is 6. The fraction of sp³-hybridized carbons (Fsp3) is 0.214. The van der Waals surface area contributed by atoms with Crippen LogP contribution >= 0.6 is 0 Å². The summed E-state index contributed by atoms with van der Waals surface area (Å²) in [7, 11) is 0. The molecule has 0 aliphatic heterocycles. The van der Waals surface area contributed by atoms with Crippen molar-refractivity contribution in [1.29, 1.82) is 0 Å². The molecule has 0 aliphatic rings. The molecule has 0 unspecified atom stereocenters. The average Bonchev–Trinajstić information content (AvgIpc) is 2.35. The molecule has 110 valence electrons. The van der Waals surface area contributed by atoms with E-state index in [-0.39, 0.29) is 0 Å². The van der Waals surface area contributed by atoms with E-state index < -0.39 is 40.4 Å². The van der Waals surface area contributed by atoms with Crippen LogP contribution in [0.15, 0.2) is 30.3 Å². The van der Waals surface area contributed by atoms with Crippen molar-refractivity contribution in [3.05, 3.63) is 35.9 Å². The minimum atomic E-state index is -5.09. The second-order valence-corrected chi connectivity index (χ2v) is 11.6. The van der Waals surface area contributed by atoms with Gasteiger partial charge >= 0.3 is 129 Å². The van der Waals surface area contributed by atoms with Crippen molar-refractivity contribution < 1.29 is 22.4 Å². The summed E-state index contributed by atoms with van der Waals surface area (Å²) in [5.41, 5.74) is 0.619. The summed E-state index contributed by atoms with van der Waals surface area (Å²) in [4.78, 5) is 33.6. The molecule has 0 heterocycles. The van der Waals surface area contributed by atoms with Crippen molar-refractivity contribution in [3.8, 4) is 9.40 Å². The van der Waals surface area contributed by atoms with Gasteiger partial charge in [-0.05, 0) is 0 Å². The van der Waals surface area contributed by atoms with E-state index in [0.717, 1.165) is 20.8 Å². The van der Waals surface area contributed by atoms with E-state index in [0.29, 0.717) is 5.56 Å². The van der Waals surface area contributed by atoms with E-state index in [1.807, 2.05) is 6.07 Å². The first-order valence-electron chi connectivity index (χ1n) is 6.00. The Hall–Kier alpha value is -1.89. The third-order valence-corrected chi connectivity index (χ3v) is 10.1. The molecular weight excluding hydrogens is 471 g/mol. The van der Waals surface area contributed by atoms with Gasteiger partial charge in [-0.2, -0.15) is 0 Å². The molecule has 1 aromatic rings. The summed E-state index contributed by atoms with van der Waals surface area (Å²) in [6.07, 6.45) is 0. The Labute approximate surface area is 129 Å². The normalized spacial score (nSPS) is 9.86. The first kappa shape index (κ1) is 17.2. The third-order valence-electron chi connectivity index (χ3n) is 1.97. The fourth-order valence-electron chi connectivity index (χ4n) is 1.38. The predicted octanol–water partition coefficient (Wildman–Crippen LogP) is 1.21. The van der Waals surface area contributed by atoms with E-state index in [2.05, 4.69) is 9.40 Å². The minimum absolute atomic E-state index is 0.619. The number of rotatable bonds is 3. The van der Waals surface area contributed by atoms with Gasteiger partial charge < -0.3 is 0 Å². The molecule has 0 amide bonds. The Morgan fingerprint density at radius 2 is 1.29 bits per heavy atom. The zero-order valence-corrected chi connectivity index (χ0v) is 15.7. The average molecular weight is 485 g/mol. The van der Waals surface area contributed by atoms with Gasteiger partial charge in [0.25, 0.3) is 0 Å². The van der Waals surface area contributed by atoms with Crippen LogP contribution in [-0.4, -0.2) is 40.4 Å². The van der Waals surface area contributed by atoms with Crippen LogP contribution in [0.25, 0.3) is 0 Å². The topological polar surface area (TPSA) is 78.9 Å². The van der Waals surface area contributed by atoms with E-state index in [1.165, 1.54) is 0 Å². The van der Waals surface area contributed by atoms with Crippen LogP contribution in [0.4, 0.5) is 0 Å². The summed E-state index contributed by atoms with van der Waals surface area (Å²) in [6.45, 7) is 3.39. The molecule has 0 saturated heterocycles. The van der Waals surface area contributed by atoms with Gasteiger partial charge in [0.05, 0.1) is 0 Å². The molecule has 0 aliphatic carbocycles. The first-order chi connectivity index (χ1) is 9.83. The van der Waals surface area contributed by atoms with E-state index in [9.17, 15) is 14.4 Å². The van der Waals surface area contributed by atoms with E-state index >= 15 is 0 Å². The summed E-state index contributed by atoms with van der Waals surface area (Å²) < 4.78 is 17.6. The predicted molar refractivity (Wildman–Crippen MR) is 74.4 cm³/mol. The molecule has 6 nitrogen and oxygen atoms in total. The third kappa shape index (κ3) is 6.40. The van der Waals surface area contributed by atoms with Crippen LogP contribution < -0.4 is 0 Å². The standard InChI is InChI=1S/C8H5.3C2H4O2.Pb/c1-2-8-6-4-3-5-7-8;3*1-2(3)4;/h3-7H;3*1H3,(H,3,4);/q;;;;+3/p-3. The van der Waals surface area contributed by atoms with Gasteiger partial charge in [-0.3, -0.25) is 0 Å². The van der Waals surface area contributed by atoms with Crippen LogP contribution in [0.3, 0.4) is 0 Å². The van der Waals surface area contributed by atoms with Gasteiger partial charge in [0.2, 0.25) is 0 Å². The number of benzene rings is 1. The maximum absolute atomic E-state index is 11.2. The molecule has 7 heteroatoms. The van der Waals surface area contributed by atoms with Crippen LogP contribution in [-0.2, 0) is 22.4 Å². The molecule has 1 rings (SSSR count). The molecular formula is C14H14O6Pb. The molecule has 0 aromatic heterocycles. The van der Waals surface area contributed by atoms with Crippen LogP contribution in [0.2, 0.25) is 0 Å². The summed E-state index contributed by atoms with van der Waals surface area (Å²) >= 11 is -5.09. The molecule has 1 aromatic carbocycles.